The van der Waals surface area contributed by atoms with E-state index in [0.29, 0.717) is 25.7 Å². The van der Waals surface area contributed by atoms with Crippen LogP contribution in [0.5, 0.6) is 0 Å². The Morgan fingerprint density at radius 1 is 0.708 bits per heavy atom. The van der Waals surface area contributed by atoms with Crippen LogP contribution < -0.4 is 0 Å². The van der Waals surface area contributed by atoms with Crippen molar-refractivity contribution in [2.75, 3.05) is 11.5 Å². The van der Waals surface area contributed by atoms with E-state index in [1.807, 2.05) is 13.8 Å². The molecular weight excluding hydrogens is 356 g/mol. The van der Waals surface area contributed by atoms with Crippen LogP contribution in [-0.2, 0) is 28.8 Å². The summed E-state index contributed by atoms with van der Waals surface area (Å²) in [7, 11) is -7.50. The first kappa shape index (κ1) is 22.8. The lowest BCUT2D eigenvalue weighted by Crippen LogP contribution is -2.17. The summed E-state index contributed by atoms with van der Waals surface area (Å²) in [6.45, 7) is 7.21. The van der Waals surface area contributed by atoms with Gasteiger partial charge in [-0.2, -0.15) is 16.8 Å². The first-order valence-corrected chi connectivity index (χ1v) is 11.3. The molecule has 0 atom stereocenters. The van der Waals surface area contributed by atoms with E-state index in [0.717, 1.165) is 12.8 Å². The van der Waals surface area contributed by atoms with Gasteiger partial charge in [0.15, 0.2) is 0 Å². The fourth-order valence-electron chi connectivity index (χ4n) is 1.56. The lowest BCUT2D eigenvalue weighted by molar-refractivity contribution is 0.332. The second kappa shape index (κ2) is 11.4. The molecule has 0 N–H and O–H groups in total. The maximum atomic E-state index is 11.7. The molecule has 0 aliphatic carbocycles. The molecule has 0 saturated heterocycles. The molecule has 0 fully saturated rings. The molecule has 0 amide bonds. The van der Waals surface area contributed by atoms with Gasteiger partial charge < -0.3 is 0 Å². The van der Waals surface area contributed by atoms with Gasteiger partial charge in [-0.15, -0.1) is 0 Å². The average molecular weight is 385 g/mol. The number of rotatable bonds is 13. The predicted octanol–water partition coefficient (Wildman–Crippen LogP) is 2.81. The molecule has 0 rings (SSSR count). The van der Waals surface area contributed by atoms with E-state index in [2.05, 4.69) is 18.9 Å². The van der Waals surface area contributed by atoms with Gasteiger partial charge in [0.05, 0.1) is 11.5 Å². The van der Waals surface area contributed by atoms with E-state index < -0.39 is 20.2 Å². The van der Waals surface area contributed by atoms with E-state index in [-0.39, 0.29) is 22.9 Å². The number of unbranched alkanes of at least 4 members (excludes halogenated alkanes) is 2. The van der Waals surface area contributed by atoms with Gasteiger partial charge in [-0.05, 0) is 25.7 Å². The monoisotopic (exact) mass is 384 g/mol. The molecule has 0 aromatic carbocycles. The SMILES string of the molecule is CCCCS(=O)(=O)ON=C(CC)C(CC)=NOS(=O)(=O)CCCC. The fraction of sp³-hybridized carbons (Fsp3) is 0.857. The van der Waals surface area contributed by atoms with Crippen molar-refractivity contribution in [1.82, 2.24) is 0 Å². The van der Waals surface area contributed by atoms with Crippen LogP contribution in [0.4, 0.5) is 0 Å². The molecule has 0 saturated carbocycles. The maximum absolute atomic E-state index is 11.7. The fourth-order valence-corrected chi connectivity index (χ4v) is 3.40. The quantitative estimate of drug-likeness (QED) is 0.356. The molecular formula is C14H28N2O6S2. The van der Waals surface area contributed by atoms with Crippen LogP contribution in [0.2, 0.25) is 0 Å². The minimum Gasteiger partial charge on any atom is -0.268 e. The third kappa shape index (κ3) is 9.86. The first-order chi connectivity index (χ1) is 11.2. The van der Waals surface area contributed by atoms with Crippen molar-refractivity contribution >= 4 is 31.7 Å². The smallest absolute Gasteiger partial charge is 0.268 e. The van der Waals surface area contributed by atoms with Crippen LogP contribution in [0, 0.1) is 0 Å². The van der Waals surface area contributed by atoms with Crippen molar-refractivity contribution in [3.05, 3.63) is 0 Å². The highest BCUT2D eigenvalue weighted by molar-refractivity contribution is 7.86. The van der Waals surface area contributed by atoms with Gasteiger partial charge in [-0.3, -0.25) is 8.57 Å². The maximum Gasteiger partial charge on any atom is 0.328 e. The Balaban J connectivity index is 5.09. The van der Waals surface area contributed by atoms with E-state index in [1.165, 1.54) is 0 Å². The van der Waals surface area contributed by atoms with Gasteiger partial charge in [0.2, 0.25) is 0 Å². The number of hydrogen-bond acceptors (Lipinski definition) is 8. The van der Waals surface area contributed by atoms with E-state index in [1.54, 1.807) is 13.8 Å². The number of hydrogen-bond donors (Lipinski definition) is 0. The van der Waals surface area contributed by atoms with Crippen molar-refractivity contribution in [3.8, 4) is 0 Å². The summed E-state index contributed by atoms with van der Waals surface area (Å²) in [5, 5.41) is 7.25. The van der Waals surface area contributed by atoms with Crippen LogP contribution in [0.3, 0.4) is 0 Å². The lowest BCUT2D eigenvalue weighted by atomic mass is 10.1. The molecule has 0 radical (unpaired) electrons. The summed E-state index contributed by atoms with van der Waals surface area (Å²) in [4.78, 5) is 0. The lowest BCUT2D eigenvalue weighted by Gasteiger charge is -2.07. The molecule has 0 bridgehead atoms. The normalized spacial score (nSPS) is 13.8. The Morgan fingerprint density at radius 2 is 1.04 bits per heavy atom. The van der Waals surface area contributed by atoms with Crippen LogP contribution >= 0.6 is 0 Å². The van der Waals surface area contributed by atoms with Gasteiger partial charge in [0, 0.05) is 0 Å². The van der Waals surface area contributed by atoms with E-state index in [9.17, 15) is 16.8 Å². The highest BCUT2D eigenvalue weighted by Gasteiger charge is 2.15. The molecule has 0 unspecified atom stereocenters. The van der Waals surface area contributed by atoms with Gasteiger partial charge in [0.1, 0.15) is 11.4 Å². The summed E-state index contributed by atoms with van der Waals surface area (Å²) in [5.74, 6) is -0.241. The zero-order chi connectivity index (χ0) is 18.6. The molecule has 0 heterocycles. The Bertz CT molecular complexity index is 568. The largest absolute Gasteiger partial charge is 0.328 e. The zero-order valence-electron chi connectivity index (χ0n) is 14.8. The molecule has 0 spiro atoms. The second-order valence-corrected chi connectivity index (χ2v) is 8.51. The zero-order valence-corrected chi connectivity index (χ0v) is 16.5. The Hall–Kier alpha value is -1.16. The first-order valence-electron chi connectivity index (χ1n) is 8.18. The average Bonchev–Trinajstić information content (AvgIpc) is 2.54. The minimum absolute atomic E-state index is 0.121. The minimum atomic E-state index is -3.75. The van der Waals surface area contributed by atoms with Crippen molar-refractivity contribution < 1.29 is 25.4 Å². The summed E-state index contributed by atoms with van der Waals surface area (Å²) < 4.78 is 55.9. The van der Waals surface area contributed by atoms with Gasteiger partial charge in [0.25, 0.3) is 0 Å². The van der Waals surface area contributed by atoms with Crippen molar-refractivity contribution in [1.29, 1.82) is 0 Å². The summed E-state index contributed by atoms with van der Waals surface area (Å²) in [6, 6.07) is 0. The van der Waals surface area contributed by atoms with Crippen molar-refractivity contribution in [3.63, 3.8) is 0 Å². The van der Waals surface area contributed by atoms with Crippen LogP contribution in [0.1, 0.15) is 66.2 Å². The van der Waals surface area contributed by atoms with Crippen molar-refractivity contribution in [2.45, 2.75) is 66.2 Å². The topological polar surface area (TPSA) is 111 Å². The third-order valence-electron chi connectivity index (χ3n) is 3.02. The Labute approximate surface area is 145 Å². The molecule has 0 aliphatic heterocycles. The van der Waals surface area contributed by atoms with Crippen LogP contribution in [0.15, 0.2) is 10.3 Å². The molecule has 0 aliphatic rings. The molecule has 0 aromatic rings. The third-order valence-corrected chi connectivity index (χ3v) is 5.20. The van der Waals surface area contributed by atoms with Gasteiger partial charge >= 0.3 is 20.2 Å². The summed E-state index contributed by atoms with van der Waals surface area (Å²) in [5.41, 5.74) is 0.478. The van der Waals surface area contributed by atoms with Gasteiger partial charge in [-0.25, -0.2) is 0 Å². The van der Waals surface area contributed by atoms with Crippen molar-refractivity contribution in [2.24, 2.45) is 10.3 Å². The molecule has 8 nitrogen and oxygen atoms in total. The highest BCUT2D eigenvalue weighted by atomic mass is 32.2. The molecule has 24 heavy (non-hydrogen) atoms. The predicted molar refractivity (Wildman–Crippen MR) is 95.0 cm³/mol. The molecule has 0 aromatic heterocycles. The second-order valence-electron chi connectivity index (χ2n) is 5.16. The van der Waals surface area contributed by atoms with Crippen LogP contribution in [0.25, 0.3) is 0 Å². The standard InChI is InChI=1S/C14H28N2O6S2/c1-5-9-11-23(17,18)21-15-13(7-3)14(8-4)16-22-24(19,20)12-10-6-2/h5-12H2,1-4H3. The van der Waals surface area contributed by atoms with Gasteiger partial charge in [-0.1, -0.05) is 50.8 Å². The van der Waals surface area contributed by atoms with Crippen LogP contribution in [-0.4, -0.2) is 39.8 Å². The summed E-state index contributed by atoms with van der Waals surface area (Å²) >= 11 is 0. The highest BCUT2D eigenvalue weighted by Crippen LogP contribution is 2.06. The number of nitrogens with zero attached hydrogens (tertiary/aromatic N) is 2. The Morgan fingerprint density at radius 3 is 1.29 bits per heavy atom. The molecule has 10 heteroatoms. The summed E-state index contributed by atoms with van der Waals surface area (Å²) in [6.07, 6.45) is 3.05. The molecule has 142 valence electrons. The van der Waals surface area contributed by atoms with E-state index in [4.69, 9.17) is 0 Å². The Kier molecular flexibility index (Phi) is 10.9. The number of oxime groups is 2. The van der Waals surface area contributed by atoms with E-state index >= 15 is 0 Å².